The van der Waals surface area contributed by atoms with Crippen LogP contribution >= 0.6 is 0 Å². The predicted molar refractivity (Wildman–Crippen MR) is 64.0 cm³/mol. The largest absolute Gasteiger partial charge is 0.339 e. The normalized spacial score (nSPS) is 12.9. The van der Waals surface area contributed by atoms with Crippen molar-refractivity contribution in [3.8, 4) is 0 Å². The number of aryl methyl sites for hydroxylation is 1. The summed E-state index contributed by atoms with van der Waals surface area (Å²) < 4.78 is 5.15. The molecule has 0 saturated heterocycles. The molecule has 1 rings (SSSR count). The van der Waals surface area contributed by atoms with Gasteiger partial charge in [-0.3, -0.25) is 0 Å². The summed E-state index contributed by atoms with van der Waals surface area (Å²) in [5.74, 6) is 1.38. The molecule has 0 amide bonds. The fourth-order valence-corrected chi connectivity index (χ4v) is 1.58. The quantitative estimate of drug-likeness (QED) is 0.691. The Kier molecular flexibility index (Phi) is 6.08. The van der Waals surface area contributed by atoms with Crippen molar-refractivity contribution in [3.63, 3.8) is 0 Å². The average molecular weight is 225 g/mol. The van der Waals surface area contributed by atoms with Gasteiger partial charge in [0, 0.05) is 6.42 Å². The van der Waals surface area contributed by atoms with Gasteiger partial charge in [-0.15, -0.1) is 0 Å². The zero-order valence-corrected chi connectivity index (χ0v) is 10.4. The van der Waals surface area contributed by atoms with Crippen LogP contribution in [0.2, 0.25) is 0 Å². The summed E-state index contributed by atoms with van der Waals surface area (Å²) in [6, 6.07) is -0.0856. The van der Waals surface area contributed by atoms with Crippen LogP contribution in [0.25, 0.3) is 0 Å². The first-order valence-corrected chi connectivity index (χ1v) is 6.36. The third kappa shape index (κ3) is 4.31. The van der Waals surface area contributed by atoms with E-state index >= 15 is 0 Å². The molecule has 1 atom stereocenters. The molecule has 0 radical (unpaired) electrons. The Hall–Kier alpha value is -0.900. The highest BCUT2D eigenvalue weighted by Crippen LogP contribution is 2.12. The van der Waals surface area contributed by atoms with Gasteiger partial charge >= 0.3 is 0 Å². The molecule has 4 nitrogen and oxygen atoms in total. The summed E-state index contributed by atoms with van der Waals surface area (Å²) in [5.41, 5.74) is 5.82. The van der Waals surface area contributed by atoms with Crippen molar-refractivity contribution in [1.82, 2.24) is 10.1 Å². The second kappa shape index (κ2) is 7.39. The second-order valence-electron chi connectivity index (χ2n) is 4.23. The summed E-state index contributed by atoms with van der Waals surface area (Å²) in [6.07, 6.45) is 7.98. The Morgan fingerprint density at radius 2 is 1.94 bits per heavy atom. The maximum atomic E-state index is 5.82. The molecule has 1 aromatic rings. The minimum absolute atomic E-state index is 0.0856. The van der Waals surface area contributed by atoms with E-state index in [9.17, 15) is 0 Å². The van der Waals surface area contributed by atoms with E-state index in [1.807, 2.05) is 6.92 Å². The van der Waals surface area contributed by atoms with Crippen LogP contribution in [0.3, 0.4) is 0 Å². The van der Waals surface area contributed by atoms with Crippen LogP contribution in [-0.2, 0) is 6.42 Å². The molecule has 92 valence electrons. The predicted octanol–water partition coefficient (Wildman–Crippen LogP) is 2.99. The molecule has 0 aliphatic carbocycles. The minimum Gasteiger partial charge on any atom is -0.339 e. The maximum Gasteiger partial charge on any atom is 0.226 e. The molecule has 0 aromatic carbocycles. The highest BCUT2D eigenvalue weighted by Gasteiger charge is 2.11. The van der Waals surface area contributed by atoms with Crippen LogP contribution in [0.4, 0.5) is 0 Å². The van der Waals surface area contributed by atoms with Crippen molar-refractivity contribution in [2.45, 2.75) is 64.8 Å². The Morgan fingerprint density at radius 3 is 2.62 bits per heavy atom. The van der Waals surface area contributed by atoms with E-state index in [0.29, 0.717) is 5.82 Å². The van der Waals surface area contributed by atoms with Crippen molar-refractivity contribution in [3.05, 3.63) is 11.7 Å². The SMILES string of the molecule is CCCCCCCc1nc(C(N)CC)no1. The summed E-state index contributed by atoms with van der Waals surface area (Å²) in [4.78, 5) is 4.30. The van der Waals surface area contributed by atoms with Gasteiger partial charge in [-0.1, -0.05) is 44.7 Å². The van der Waals surface area contributed by atoms with Gasteiger partial charge in [0.1, 0.15) is 0 Å². The van der Waals surface area contributed by atoms with Crippen LogP contribution in [0.1, 0.15) is 70.1 Å². The Morgan fingerprint density at radius 1 is 1.19 bits per heavy atom. The fraction of sp³-hybridized carbons (Fsp3) is 0.833. The van der Waals surface area contributed by atoms with Crippen LogP contribution in [-0.4, -0.2) is 10.1 Å². The summed E-state index contributed by atoms with van der Waals surface area (Å²) >= 11 is 0. The lowest BCUT2D eigenvalue weighted by atomic mass is 10.1. The number of hydrogen-bond donors (Lipinski definition) is 1. The fourth-order valence-electron chi connectivity index (χ4n) is 1.58. The highest BCUT2D eigenvalue weighted by atomic mass is 16.5. The average Bonchev–Trinajstić information content (AvgIpc) is 2.76. The second-order valence-corrected chi connectivity index (χ2v) is 4.23. The smallest absolute Gasteiger partial charge is 0.226 e. The van der Waals surface area contributed by atoms with Crippen LogP contribution in [0.5, 0.6) is 0 Å². The lowest BCUT2D eigenvalue weighted by Gasteiger charge is -1.99. The molecular formula is C12H23N3O. The van der Waals surface area contributed by atoms with E-state index in [1.54, 1.807) is 0 Å². The molecule has 1 heterocycles. The molecule has 0 aliphatic rings. The van der Waals surface area contributed by atoms with Crippen LogP contribution in [0.15, 0.2) is 4.52 Å². The molecule has 4 heteroatoms. The molecule has 0 saturated carbocycles. The van der Waals surface area contributed by atoms with Gasteiger partial charge < -0.3 is 10.3 Å². The van der Waals surface area contributed by atoms with Crippen molar-refractivity contribution >= 4 is 0 Å². The molecule has 0 bridgehead atoms. The number of nitrogens with two attached hydrogens (primary N) is 1. The van der Waals surface area contributed by atoms with Crippen molar-refractivity contribution < 1.29 is 4.52 Å². The highest BCUT2D eigenvalue weighted by molar-refractivity contribution is 4.92. The minimum atomic E-state index is -0.0856. The monoisotopic (exact) mass is 225 g/mol. The van der Waals surface area contributed by atoms with Crippen molar-refractivity contribution in [2.75, 3.05) is 0 Å². The Labute approximate surface area is 97.6 Å². The van der Waals surface area contributed by atoms with E-state index in [0.717, 1.165) is 25.2 Å². The van der Waals surface area contributed by atoms with E-state index in [-0.39, 0.29) is 6.04 Å². The Balaban J connectivity index is 2.24. The summed E-state index contributed by atoms with van der Waals surface area (Å²) in [6.45, 7) is 4.24. The van der Waals surface area contributed by atoms with Gasteiger partial charge in [-0.05, 0) is 12.8 Å². The number of aromatic nitrogens is 2. The van der Waals surface area contributed by atoms with Crippen molar-refractivity contribution in [2.24, 2.45) is 5.73 Å². The molecule has 2 N–H and O–H groups in total. The molecule has 0 aliphatic heterocycles. The van der Waals surface area contributed by atoms with E-state index in [1.165, 1.54) is 25.7 Å². The van der Waals surface area contributed by atoms with Gasteiger partial charge in [0.05, 0.1) is 6.04 Å². The van der Waals surface area contributed by atoms with E-state index in [4.69, 9.17) is 10.3 Å². The first-order chi connectivity index (χ1) is 7.77. The van der Waals surface area contributed by atoms with Gasteiger partial charge in [0.15, 0.2) is 5.82 Å². The van der Waals surface area contributed by atoms with Crippen LogP contribution in [0, 0.1) is 0 Å². The van der Waals surface area contributed by atoms with Gasteiger partial charge in [-0.2, -0.15) is 4.98 Å². The summed E-state index contributed by atoms with van der Waals surface area (Å²) in [5, 5.41) is 3.89. The van der Waals surface area contributed by atoms with Gasteiger partial charge in [-0.25, -0.2) is 0 Å². The third-order valence-electron chi connectivity index (χ3n) is 2.75. The third-order valence-corrected chi connectivity index (χ3v) is 2.75. The van der Waals surface area contributed by atoms with Gasteiger partial charge in [0.2, 0.25) is 5.89 Å². The van der Waals surface area contributed by atoms with E-state index in [2.05, 4.69) is 17.1 Å². The number of rotatable bonds is 8. The summed E-state index contributed by atoms with van der Waals surface area (Å²) in [7, 11) is 0. The molecule has 0 fully saturated rings. The first-order valence-electron chi connectivity index (χ1n) is 6.36. The molecule has 1 unspecified atom stereocenters. The Bertz CT molecular complexity index is 286. The molecule has 0 spiro atoms. The van der Waals surface area contributed by atoms with Crippen LogP contribution < -0.4 is 5.73 Å². The standard InChI is InChI=1S/C12H23N3O/c1-3-5-6-7-8-9-11-14-12(15-16-11)10(13)4-2/h10H,3-9,13H2,1-2H3. The number of hydrogen-bond acceptors (Lipinski definition) is 4. The molecule has 16 heavy (non-hydrogen) atoms. The first kappa shape index (κ1) is 13.2. The lowest BCUT2D eigenvalue weighted by Crippen LogP contribution is -2.10. The number of unbranched alkanes of at least 4 members (excludes halogenated alkanes) is 4. The number of nitrogens with zero attached hydrogens (tertiary/aromatic N) is 2. The zero-order valence-electron chi connectivity index (χ0n) is 10.4. The topological polar surface area (TPSA) is 64.9 Å². The molecular weight excluding hydrogens is 202 g/mol. The zero-order chi connectivity index (χ0) is 11.8. The lowest BCUT2D eigenvalue weighted by molar-refractivity contribution is 0.365. The molecule has 1 aromatic heterocycles. The van der Waals surface area contributed by atoms with Gasteiger partial charge in [0.25, 0.3) is 0 Å². The van der Waals surface area contributed by atoms with E-state index < -0.39 is 0 Å². The maximum absolute atomic E-state index is 5.82. The van der Waals surface area contributed by atoms with Crippen molar-refractivity contribution in [1.29, 1.82) is 0 Å².